The summed E-state index contributed by atoms with van der Waals surface area (Å²) < 4.78 is 24.3. The summed E-state index contributed by atoms with van der Waals surface area (Å²) >= 11 is 0. The van der Waals surface area contributed by atoms with E-state index >= 15 is 4.79 Å². The number of hydrogen-bond acceptors (Lipinski definition) is 12. The Morgan fingerprint density at radius 1 is 1.10 bits per heavy atom. The summed E-state index contributed by atoms with van der Waals surface area (Å²) in [7, 11) is 3.31. The fourth-order valence-corrected chi connectivity index (χ4v) is 10.0. The number of ketones is 1. The number of rotatable bonds is 10. The number of ether oxygens (including phenoxy) is 4. The van der Waals surface area contributed by atoms with Crippen LogP contribution in [0, 0.1) is 28.1 Å². The normalized spacial score (nSPS) is 36.0. The lowest BCUT2D eigenvalue weighted by molar-refractivity contribution is -0.302. The molecule has 2 bridgehead atoms. The van der Waals surface area contributed by atoms with Gasteiger partial charge in [0.2, 0.25) is 0 Å². The highest BCUT2D eigenvalue weighted by atomic mass is 16.6. The Morgan fingerprint density at radius 2 is 1.75 bits per heavy atom. The summed E-state index contributed by atoms with van der Waals surface area (Å²) in [6.45, 7) is 12.9. The zero-order valence-electron chi connectivity index (χ0n) is 31.8. The summed E-state index contributed by atoms with van der Waals surface area (Å²) in [6.07, 6.45) is -5.99. The van der Waals surface area contributed by atoms with Crippen molar-refractivity contribution < 1.29 is 53.5 Å². The molecule has 1 amide bonds. The summed E-state index contributed by atoms with van der Waals surface area (Å²) in [6, 6.07) is 8.93. The zero-order chi connectivity index (χ0) is 38.6. The van der Waals surface area contributed by atoms with E-state index in [2.05, 4.69) is 5.48 Å². The van der Waals surface area contributed by atoms with Gasteiger partial charge >= 0.3 is 18.0 Å². The molecule has 4 aliphatic rings. The highest BCUT2D eigenvalue weighted by molar-refractivity contribution is 6.39. The van der Waals surface area contributed by atoms with E-state index in [4.69, 9.17) is 18.9 Å². The number of fused-ring (bicyclic) bond motifs is 5. The average Bonchev–Trinajstić information content (AvgIpc) is 3.10. The molecule has 3 fully saturated rings. The Morgan fingerprint density at radius 3 is 2.31 bits per heavy atom. The SMILES string of the molecule is CCC(=O)O[C@H]1C(=O)[C@]2(C)[C@@H](OC(=O)N(C)C)C[C@H]3OC[C@@]3(C)[C@H]2[C@H](C)[C@]2(O)C[C@H](OC(=O)[C@H](O)[C@@H](BCNO)c3ccccc3)C(C)=C1C2(C)C. The summed E-state index contributed by atoms with van der Waals surface area (Å²) in [4.78, 5) is 56.9. The van der Waals surface area contributed by atoms with Gasteiger partial charge in [0.05, 0.1) is 23.7 Å². The molecule has 1 saturated heterocycles. The lowest BCUT2D eigenvalue weighted by Gasteiger charge is -2.68. The maximum atomic E-state index is 15.4. The minimum Gasteiger partial charge on any atom is -0.456 e. The van der Waals surface area contributed by atoms with Crippen LogP contribution in [0.3, 0.4) is 0 Å². The molecule has 52 heavy (non-hydrogen) atoms. The lowest BCUT2D eigenvalue weighted by atomic mass is 9.40. The fraction of sp³-hybridized carbons (Fsp3) is 0.684. The van der Waals surface area contributed by atoms with Crippen LogP contribution in [0.1, 0.15) is 79.1 Å². The Labute approximate surface area is 306 Å². The molecule has 11 atom stereocenters. The molecule has 13 nitrogen and oxygen atoms in total. The van der Waals surface area contributed by atoms with E-state index in [0.29, 0.717) is 23.3 Å². The molecule has 4 N–H and O–H groups in total. The van der Waals surface area contributed by atoms with E-state index in [1.54, 1.807) is 59.1 Å². The van der Waals surface area contributed by atoms with E-state index in [1.165, 1.54) is 4.90 Å². The molecule has 0 unspecified atom stereocenters. The van der Waals surface area contributed by atoms with Crippen LogP contribution in [0.5, 0.6) is 0 Å². The highest BCUT2D eigenvalue weighted by Crippen LogP contribution is 2.67. The molecule has 3 aliphatic carbocycles. The van der Waals surface area contributed by atoms with Gasteiger partial charge in [0.15, 0.2) is 25.3 Å². The van der Waals surface area contributed by atoms with Crippen LogP contribution in [-0.2, 0) is 33.3 Å². The number of Topliss-reactive ketones (excluding diaryl/α,β-unsaturated/α-hetero) is 1. The molecule has 0 aromatic heterocycles. The average molecular weight is 727 g/mol. The van der Waals surface area contributed by atoms with Crippen molar-refractivity contribution in [1.29, 1.82) is 0 Å². The molecule has 14 heteroatoms. The Balaban J connectivity index is 1.66. The maximum absolute atomic E-state index is 15.4. The molecule has 5 rings (SSSR count). The van der Waals surface area contributed by atoms with Gasteiger partial charge < -0.3 is 39.3 Å². The number of hydrogen-bond donors (Lipinski definition) is 4. The predicted molar refractivity (Wildman–Crippen MR) is 190 cm³/mol. The number of aliphatic hydroxyl groups is 2. The number of aliphatic hydroxyl groups excluding tert-OH is 1. The molecule has 286 valence electrons. The molecule has 1 aromatic rings. The fourth-order valence-electron chi connectivity index (χ4n) is 10.0. The van der Waals surface area contributed by atoms with Crippen molar-refractivity contribution in [3.8, 4) is 0 Å². The van der Waals surface area contributed by atoms with E-state index in [1.807, 2.05) is 33.8 Å². The number of esters is 2. The molecular weight excluding hydrogens is 671 g/mol. The van der Waals surface area contributed by atoms with Crippen LogP contribution in [0.15, 0.2) is 41.5 Å². The van der Waals surface area contributed by atoms with E-state index in [-0.39, 0.29) is 39.1 Å². The molecule has 1 aliphatic heterocycles. The molecule has 0 radical (unpaired) electrons. The summed E-state index contributed by atoms with van der Waals surface area (Å²) in [5.41, 5.74) is -1.43. The lowest BCUT2D eigenvalue weighted by Crippen LogP contribution is -2.75. The van der Waals surface area contributed by atoms with Crippen LogP contribution in [0.25, 0.3) is 0 Å². The second kappa shape index (κ2) is 14.5. The van der Waals surface area contributed by atoms with Crippen molar-refractivity contribution in [3.05, 3.63) is 47.0 Å². The van der Waals surface area contributed by atoms with Crippen LogP contribution < -0.4 is 5.48 Å². The predicted octanol–water partition coefficient (Wildman–Crippen LogP) is 2.89. The number of benzene rings is 1. The number of carbonyl (C=O) groups is 4. The number of amides is 1. The summed E-state index contributed by atoms with van der Waals surface area (Å²) in [5.74, 6) is -4.08. The van der Waals surface area contributed by atoms with Gasteiger partial charge in [-0.3, -0.25) is 9.59 Å². The van der Waals surface area contributed by atoms with E-state index in [9.17, 15) is 29.8 Å². The second-order valence-corrected chi connectivity index (χ2v) is 16.4. The first-order chi connectivity index (χ1) is 24.3. The number of hydroxylamine groups is 1. The topological polar surface area (TPSA) is 181 Å². The first-order valence-corrected chi connectivity index (χ1v) is 18.3. The van der Waals surface area contributed by atoms with Crippen molar-refractivity contribution in [1.82, 2.24) is 10.4 Å². The van der Waals surface area contributed by atoms with Gasteiger partial charge in [-0.05, 0) is 54.7 Å². The van der Waals surface area contributed by atoms with Gasteiger partial charge in [0, 0.05) is 44.2 Å². The first kappa shape index (κ1) is 39.9. The molecule has 0 spiro atoms. The van der Waals surface area contributed by atoms with Crippen LogP contribution in [0.2, 0.25) is 0 Å². The van der Waals surface area contributed by atoms with Gasteiger partial charge in [0.25, 0.3) is 0 Å². The largest absolute Gasteiger partial charge is 0.456 e. The highest BCUT2D eigenvalue weighted by Gasteiger charge is 2.74. The number of nitrogens with zero attached hydrogens (tertiary/aromatic N) is 1. The molecule has 1 aromatic carbocycles. The third-order valence-electron chi connectivity index (χ3n) is 13.1. The summed E-state index contributed by atoms with van der Waals surface area (Å²) in [5, 5.41) is 34.0. The monoisotopic (exact) mass is 726 g/mol. The minimum absolute atomic E-state index is 0.0296. The van der Waals surface area contributed by atoms with E-state index in [0.717, 1.165) is 0 Å². The van der Waals surface area contributed by atoms with Crippen LogP contribution >= 0.6 is 0 Å². The molecule has 1 heterocycles. The zero-order valence-corrected chi connectivity index (χ0v) is 31.8. The van der Waals surface area contributed by atoms with Gasteiger partial charge in [-0.25, -0.2) is 15.1 Å². The smallest absolute Gasteiger partial charge is 0.409 e. The first-order valence-electron chi connectivity index (χ1n) is 18.3. The van der Waals surface area contributed by atoms with Crippen LogP contribution in [-0.4, -0.2) is 115 Å². The second-order valence-electron chi connectivity index (χ2n) is 16.4. The quantitative estimate of drug-likeness (QED) is 0.0912. The van der Waals surface area contributed by atoms with Crippen LogP contribution in [0.4, 0.5) is 4.79 Å². The standard InChI is InChI=1S/C38H55BN2O11/c1-10-26(42)52-30-27-20(2)23(50-33(45)29(43)28(39-19-40-48)22-14-12-11-13-15-22)17-38(47,35(27,4)5)21(3)31-36(6)18-49-24(36)16-25(37(31,7)32(30)44)51-34(46)41(8)9/h11-15,21,23-25,28-31,39-40,43,47-48H,10,16-19H2,1-9H3/t21-,23-,24+,25-,28-,29+,30+,31+,36+,37+,38+/m0/s1. The number of carbonyl (C=O) groups excluding carboxylic acids is 4. The molecule has 2 saturated carbocycles. The Hall–Kier alpha value is -3.30. The van der Waals surface area contributed by atoms with Crippen molar-refractivity contribution in [3.63, 3.8) is 0 Å². The van der Waals surface area contributed by atoms with Gasteiger partial charge in [-0.2, -0.15) is 0 Å². The molecular formula is C38H55BN2O11. The third kappa shape index (κ3) is 6.27. The maximum Gasteiger partial charge on any atom is 0.409 e. The third-order valence-corrected chi connectivity index (χ3v) is 13.1. The van der Waals surface area contributed by atoms with Crippen molar-refractivity contribution in [2.75, 3.05) is 27.1 Å². The minimum atomic E-state index is -1.67. The van der Waals surface area contributed by atoms with Crippen molar-refractivity contribution in [2.45, 2.75) is 110 Å². The van der Waals surface area contributed by atoms with Gasteiger partial charge in [0.1, 0.15) is 12.2 Å². The van der Waals surface area contributed by atoms with E-state index < -0.39 is 87.7 Å². The van der Waals surface area contributed by atoms with Crippen molar-refractivity contribution >= 4 is 31.1 Å². The van der Waals surface area contributed by atoms with Gasteiger partial charge in [-0.1, -0.05) is 65.0 Å². The van der Waals surface area contributed by atoms with Crippen molar-refractivity contribution in [2.24, 2.45) is 28.1 Å². The van der Waals surface area contributed by atoms with Gasteiger partial charge in [-0.15, -0.1) is 0 Å². The Kier molecular flexibility index (Phi) is 11.1. The Bertz CT molecular complexity index is 1590. The number of nitrogens with one attached hydrogen (secondary N) is 1.